The molecule has 0 fully saturated rings. The smallest absolute Gasteiger partial charge is 0.307 e. The van der Waals surface area contributed by atoms with Crippen LogP contribution >= 0.6 is 11.3 Å². The van der Waals surface area contributed by atoms with Gasteiger partial charge in [0.05, 0.1) is 24.7 Å². The highest BCUT2D eigenvalue weighted by Gasteiger charge is 2.15. The van der Waals surface area contributed by atoms with Gasteiger partial charge in [-0.25, -0.2) is 4.98 Å². The predicted molar refractivity (Wildman–Crippen MR) is 64.4 cm³/mol. The van der Waals surface area contributed by atoms with Crippen LogP contribution in [0.25, 0.3) is 0 Å². The number of methoxy groups -OCH3 is 1. The van der Waals surface area contributed by atoms with Crippen molar-refractivity contribution in [3.8, 4) is 0 Å². The van der Waals surface area contributed by atoms with Crippen LogP contribution in [0.3, 0.4) is 0 Å². The van der Waals surface area contributed by atoms with Crippen molar-refractivity contribution in [2.75, 3.05) is 14.2 Å². The van der Waals surface area contributed by atoms with Gasteiger partial charge in [0, 0.05) is 17.5 Å². The van der Waals surface area contributed by atoms with Gasteiger partial charge in [-0.1, -0.05) is 0 Å². The fraction of sp³-hybridized carbons (Fsp3) is 0.636. The molecule has 0 aromatic carbocycles. The van der Waals surface area contributed by atoms with Crippen LogP contribution in [-0.4, -0.2) is 36.1 Å². The van der Waals surface area contributed by atoms with E-state index in [2.05, 4.69) is 14.6 Å². The molecule has 0 bridgehead atoms. The number of esters is 1. The summed E-state index contributed by atoms with van der Waals surface area (Å²) in [6.45, 7) is 4.85. The first-order valence-electron chi connectivity index (χ1n) is 5.20. The lowest BCUT2D eigenvalue weighted by atomic mass is 10.2. The molecule has 0 aliphatic carbocycles. The molecule has 0 aliphatic rings. The van der Waals surface area contributed by atoms with Gasteiger partial charge in [0.2, 0.25) is 0 Å². The van der Waals surface area contributed by atoms with Gasteiger partial charge in [-0.3, -0.25) is 9.69 Å². The molecule has 1 aromatic heterocycles. The Labute approximate surface area is 100 Å². The number of carbonyl (C=O) groups excluding carboxylic acids is 1. The van der Waals surface area contributed by atoms with Crippen LogP contribution in [0.5, 0.6) is 0 Å². The molecule has 0 aliphatic heterocycles. The van der Waals surface area contributed by atoms with Crippen molar-refractivity contribution in [3.05, 3.63) is 16.1 Å². The highest BCUT2D eigenvalue weighted by atomic mass is 32.1. The van der Waals surface area contributed by atoms with Gasteiger partial charge in [-0.2, -0.15) is 0 Å². The Bertz CT molecular complexity index is 352. The van der Waals surface area contributed by atoms with Crippen LogP contribution in [0, 0.1) is 6.92 Å². The summed E-state index contributed by atoms with van der Waals surface area (Å²) >= 11 is 1.65. The van der Waals surface area contributed by atoms with E-state index in [1.165, 1.54) is 12.0 Å². The summed E-state index contributed by atoms with van der Waals surface area (Å²) in [5.74, 6) is -0.166. The molecule has 5 heteroatoms. The molecule has 16 heavy (non-hydrogen) atoms. The van der Waals surface area contributed by atoms with Crippen LogP contribution in [0.4, 0.5) is 0 Å². The fourth-order valence-corrected chi connectivity index (χ4v) is 2.18. The van der Waals surface area contributed by atoms with Gasteiger partial charge in [0.15, 0.2) is 0 Å². The first-order valence-corrected chi connectivity index (χ1v) is 6.08. The van der Waals surface area contributed by atoms with Crippen LogP contribution in [0.2, 0.25) is 0 Å². The SMILES string of the molecule is COC(=O)CC(C)N(C)Cc1scnc1C. The summed E-state index contributed by atoms with van der Waals surface area (Å²) in [5, 5.41) is 0. The normalized spacial score (nSPS) is 12.8. The van der Waals surface area contributed by atoms with Gasteiger partial charge in [-0.15, -0.1) is 11.3 Å². The maximum Gasteiger partial charge on any atom is 0.307 e. The highest BCUT2D eigenvalue weighted by molar-refractivity contribution is 7.09. The van der Waals surface area contributed by atoms with Gasteiger partial charge in [0.25, 0.3) is 0 Å². The van der Waals surface area contributed by atoms with Crippen molar-refractivity contribution in [2.45, 2.75) is 32.9 Å². The van der Waals surface area contributed by atoms with Crippen LogP contribution < -0.4 is 0 Å². The number of aryl methyl sites for hydroxylation is 1. The Kier molecular flexibility index (Phi) is 4.89. The van der Waals surface area contributed by atoms with Gasteiger partial charge in [-0.05, 0) is 20.9 Å². The topological polar surface area (TPSA) is 42.4 Å². The van der Waals surface area contributed by atoms with Crippen LogP contribution in [-0.2, 0) is 16.1 Å². The highest BCUT2D eigenvalue weighted by Crippen LogP contribution is 2.16. The fourth-order valence-electron chi connectivity index (χ4n) is 1.34. The zero-order valence-electron chi connectivity index (χ0n) is 10.2. The maximum atomic E-state index is 11.1. The molecule has 1 rings (SSSR count). The molecule has 0 radical (unpaired) electrons. The molecule has 0 amide bonds. The minimum atomic E-state index is -0.166. The maximum absolute atomic E-state index is 11.1. The molecule has 1 aromatic rings. The molecular weight excluding hydrogens is 224 g/mol. The average molecular weight is 242 g/mol. The van der Waals surface area contributed by atoms with Gasteiger partial charge in [0.1, 0.15) is 0 Å². The number of carbonyl (C=O) groups is 1. The molecule has 0 N–H and O–H groups in total. The molecule has 1 heterocycles. The molecular formula is C11H18N2O2S. The number of thiazole rings is 1. The minimum Gasteiger partial charge on any atom is -0.469 e. The minimum absolute atomic E-state index is 0.166. The molecule has 1 atom stereocenters. The van der Waals surface area contributed by atoms with E-state index in [1.54, 1.807) is 11.3 Å². The second kappa shape index (κ2) is 5.96. The summed E-state index contributed by atoms with van der Waals surface area (Å²) in [5.41, 5.74) is 2.92. The first kappa shape index (κ1) is 13.1. The van der Waals surface area contributed by atoms with Crippen molar-refractivity contribution < 1.29 is 9.53 Å². The van der Waals surface area contributed by atoms with Crippen molar-refractivity contribution >= 4 is 17.3 Å². The third-order valence-corrected chi connectivity index (χ3v) is 3.60. The van der Waals surface area contributed by atoms with E-state index in [0.29, 0.717) is 6.42 Å². The largest absolute Gasteiger partial charge is 0.469 e. The zero-order valence-corrected chi connectivity index (χ0v) is 11.0. The Morgan fingerprint density at radius 3 is 2.88 bits per heavy atom. The zero-order chi connectivity index (χ0) is 12.1. The molecule has 1 unspecified atom stereocenters. The number of ether oxygens (including phenoxy) is 1. The summed E-state index contributed by atoms with van der Waals surface area (Å²) in [6, 6.07) is 0.175. The monoisotopic (exact) mass is 242 g/mol. The van der Waals surface area contributed by atoms with Crippen molar-refractivity contribution in [2.24, 2.45) is 0 Å². The molecule has 0 saturated heterocycles. The van der Waals surface area contributed by atoms with E-state index in [9.17, 15) is 4.79 Å². The summed E-state index contributed by atoms with van der Waals surface area (Å²) in [6.07, 6.45) is 0.421. The first-order chi connectivity index (χ1) is 7.54. The number of aromatic nitrogens is 1. The van der Waals surface area contributed by atoms with E-state index < -0.39 is 0 Å². The predicted octanol–water partition coefficient (Wildman–Crippen LogP) is 1.83. The van der Waals surface area contributed by atoms with Gasteiger partial charge < -0.3 is 4.74 Å². The van der Waals surface area contributed by atoms with Crippen molar-refractivity contribution in [3.63, 3.8) is 0 Å². The third-order valence-electron chi connectivity index (χ3n) is 2.68. The van der Waals surface area contributed by atoms with Crippen LogP contribution in [0.1, 0.15) is 23.9 Å². The molecule has 4 nitrogen and oxygen atoms in total. The van der Waals surface area contributed by atoms with Crippen molar-refractivity contribution in [1.29, 1.82) is 0 Å². The summed E-state index contributed by atoms with van der Waals surface area (Å²) in [4.78, 5) is 18.7. The van der Waals surface area contributed by atoms with Crippen molar-refractivity contribution in [1.82, 2.24) is 9.88 Å². The Hall–Kier alpha value is -0.940. The molecule has 90 valence electrons. The van der Waals surface area contributed by atoms with E-state index in [4.69, 9.17) is 0 Å². The standard InChI is InChI=1S/C11H18N2O2S/c1-8(5-11(14)15-4)13(3)6-10-9(2)12-7-16-10/h7-8H,5-6H2,1-4H3. The van der Waals surface area contributed by atoms with E-state index >= 15 is 0 Å². The Morgan fingerprint density at radius 2 is 2.38 bits per heavy atom. The number of nitrogens with zero attached hydrogens (tertiary/aromatic N) is 2. The summed E-state index contributed by atoms with van der Waals surface area (Å²) < 4.78 is 4.65. The molecule has 0 spiro atoms. The lowest BCUT2D eigenvalue weighted by Gasteiger charge is -2.23. The second-order valence-corrected chi connectivity index (χ2v) is 4.84. The summed E-state index contributed by atoms with van der Waals surface area (Å²) in [7, 11) is 3.43. The quantitative estimate of drug-likeness (QED) is 0.739. The number of hydrogen-bond donors (Lipinski definition) is 0. The second-order valence-electron chi connectivity index (χ2n) is 3.91. The lowest BCUT2D eigenvalue weighted by Crippen LogP contribution is -2.30. The van der Waals surface area contributed by atoms with Crippen LogP contribution in [0.15, 0.2) is 5.51 Å². The number of rotatable bonds is 5. The third kappa shape index (κ3) is 3.57. The van der Waals surface area contributed by atoms with E-state index in [1.807, 2.05) is 26.4 Å². The lowest BCUT2D eigenvalue weighted by molar-refractivity contribution is -0.141. The molecule has 0 saturated carbocycles. The number of hydrogen-bond acceptors (Lipinski definition) is 5. The Balaban J connectivity index is 2.49. The van der Waals surface area contributed by atoms with E-state index in [0.717, 1.165) is 12.2 Å². The Morgan fingerprint density at radius 1 is 1.69 bits per heavy atom. The van der Waals surface area contributed by atoms with Gasteiger partial charge >= 0.3 is 5.97 Å². The average Bonchev–Trinajstić information content (AvgIpc) is 2.64. The van der Waals surface area contributed by atoms with E-state index in [-0.39, 0.29) is 12.0 Å².